The molecule has 4 aliphatic carbocycles. The van der Waals surface area contributed by atoms with E-state index in [9.17, 15) is 9.59 Å². The van der Waals surface area contributed by atoms with Gasteiger partial charge in [0.1, 0.15) is 6.10 Å². The number of aromatic nitrogens is 4. The molecule has 256 valence electrons. The number of ether oxygens (including phenoxy) is 4. The summed E-state index contributed by atoms with van der Waals surface area (Å²) in [7, 11) is 0. The van der Waals surface area contributed by atoms with Crippen LogP contribution in [0, 0.1) is 23.7 Å². The van der Waals surface area contributed by atoms with E-state index in [-0.39, 0.29) is 30.1 Å². The summed E-state index contributed by atoms with van der Waals surface area (Å²) < 4.78 is 22.8. The number of fused-ring (bicyclic) bond motifs is 1. The zero-order valence-corrected chi connectivity index (χ0v) is 27.8. The molecular weight excluding hydrogens is 588 g/mol. The Labute approximate surface area is 273 Å². The minimum absolute atomic E-state index is 0.0000523. The molecular formula is C34H54N6O6. The molecule has 0 bridgehead atoms. The molecule has 6 atom stereocenters. The lowest BCUT2D eigenvalue weighted by molar-refractivity contribution is -0.177. The molecule has 12 heteroatoms. The molecule has 0 saturated heterocycles. The van der Waals surface area contributed by atoms with Crippen molar-refractivity contribution in [3.05, 3.63) is 5.82 Å². The summed E-state index contributed by atoms with van der Waals surface area (Å²) in [4.78, 5) is 33.4. The zero-order valence-electron chi connectivity index (χ0n) is 27.8. The fourth-order valence-electron chi connectivity index (χ4n) is 9.04. The van der Waals surface area contributed by atoms with Crippen LogP contribution in [0.5, 0.6) is 0 Å². The molecule has 46 heavy (non-hydrogen) atoms. The number of hydrogen-bond acceptors (Lipinski definition) is 11. The average molecular weight is 643 g/mol. The second-order valence-electron chi connectivity index (χ2n) is 14.4. The van der Waals surface area contributed by atoms with Crippen molar-refractivity contribution in [3.63, 3.8) is 0 Å². The van der Waals surface area contributed by atoms with Gasteiger partial charge in [-0.2, -0.15) is 5.21 Å². The topological polar surface area (TPSA) is 141 Å². The van der Waals surface area contributed by atoms with Gasteiger partial charge in [0, 0.05) is 19.4 Å². The number of aliphatic imine (C=N–C) groups is 1. The van der Waals surface area contributed by atoms with E-state index in [1.807, 2.05) is 0 Å². The Kier molecular flexibility index (Phi) is 11.3. The van der Waals surface area contributed by atoms with Crippen molar-refractivity contribution in [2.24, 2.45) is 28.7 Å². The molecule has 6 rings (SSSR count). The van der Waals surface area contributed by atoms with Gasteiger partial charge < -0.3 is 23.8 Å². The predicted molar refractivity (Wildman–Crippen MR) is 170 cm³/mol. The maximum Gasteiger partial charge on any atom is 0.511 e. The van der Waals surface area contributed by atoms with Gasteiger partial charge in [-0.05, 0) is 101 Å². The zero-order chi connectivity index (χ0) is 31.9. The first-order valence-corrected chi connectivity index (χ1v) is 18.3. The first-order valence-electron chi connectivity index (χ1n) is 18.3. The summed E-state index contributed by atoms with van der Waals surface area (Å²) in [6, 6.07) is 0.580. The third kappa shape index (κ3) is 7.95. The summed E-state index contributed by atoms with van der Waals surface area (Å²) in [6.07, 6.45) is 16.2. The normalized spacial score (nSPS) is 32.6. The number of H-pyrrole nitrogens is 1. The maximum absolute atomic E-state index is 13.6. The Bertz CT molecular complexity index is 1150. The Morgan fingerprint density at radius 3 is 2.46 bits per heavy atom. The van der Waals surface area contributed by atoms with E-state index < -0.39 is 12.4 Å². The SMILES string of the molecule is CCCOC1=NC2CCCC(C(=O)OC(C)OC(=O)OC3CCCCC3)C2N1CC1CCC(C2CCCCC2c2nn[nH]n2)CC1. The van der Waals surface area contributed by atoms with E-state index in [0.717, 1.165) is 83.0 Å². The van der Waals surface area contributed by atoms with E-state index in [1.54, 1.807) is 6.92 Å². The summed E-state index contributed by atoms with van der Waals surface area (Å²) >= 11 is 0. The quantitative estimate of drug-likeness (QED) is 0.229. The Morgan fingerprint density at radius 1 is 0.913 bits per heavy atom. The minimum atomic E-state index is -1.01. The monoisotopic (exact) mass is 642 g/mol. The van der Waals surface area contributed by atoms with Gasteiger partial charge in [-0.15, -0.1) is 10.2 Å². The van der Waals surface area contributed by atoms with E-state index in [4.69, 9.17) is 23.9 Å². The number of carbonyl (C=O) groups is 2. The average Bonchev–Trinajstić information content (AvgIpc) is 3.73. The Balaban J connectivity index is 1.06. The van der Waals surface area contributed by atoms with E-state index in [2.05, 4.69) is 32.4 Å². The third-order valence-corrected chi connectivity index (χ3v) is 11.3. The van der Waals surface area contributed by atoms with Crippen molar-refractivity contribution in [3.8, 4) is 0 Å². The fraction of sp³-hybridized carbons (Fsp3) is 0.882. The van der Waals surface area contributed by atoms with Gasteiger partial charge in [0.05, 0.1) is 24.6 Å². The number of tetrazole rings is 1. The van der Waals surface area contributed by atoms with E-state index in [1.165, 1.54) is 38.5 Å². The molecule has 0 spiro atoms. The van der Waals surface area contributed by atoms with Crippen molar-refractivity contribution in [2.75, 3.05) is 13.2 Å². The molecule has 2 heterocycles. The molecule has 4 fully saturated rings. The van der Waals surface area contributed by atoms with Crippen molar-refractivity contribution < 1.29 is 28.5 Å². The minimum Gasteiger partial charge on any atom is -0.465 e. The van der Waals surface area contributed by atoms with Crippen LogP contribution in [-0.2, 0) is 23.7 Å². The molecule has 1 aliphatic heterocycles. The summed E-state index contributed by atoms with van der Waals surface area (Å²) in [5.74, 6) is 2.41. The van der Waals surface area contributed by atoms with Gasteiger partial charge >= 0.3 is 12.1 Å². The molecule has 6 unspecified atom stereocenters. The number of aromatic amines is 1. The van der Waals surface area contributed by atoms with Crippen LogP contribution in [0.3, 0.4) is 0 Å². The van der Waals surface area contributed by atoms with Crippen LogP contribution in [-0.4, -0.2) is 81.3 Å². The summed E-state index contributed by atoms with van der Waals surface area (Å²) in [5, 5.41) is 15.2. The van der Waals surface area contributed by atoms with Crippen molar-refractivity contribution in [2.45, 2.75) is 153 Å². The second-order valence-corrected chi connectivity index (χ2v) is 14.4. The lowest BCUT2D eigenvalue weighted by atomic mass is 9.66. The summed E-state index contributed by atoms with van der Waals surface area (Å²) in [5.41, 5.74) is 0. The first-order chi connectivity index (χ1) is 22.5. The molecule has 12 nitrogen and oxygen atoms in total. The van der Waals surface area contributed by atoms with Crippen LogP contribution in [0.4, 0.5) is 4.79 Å². The lowest BCUT2D eigenvalue weighted by Crippen LogP contribution is -2.52. The van der Waals surface area contributed by atoms with Crippen molar-refractivity contribution in [1.82, 2.24) is 25.5 Å². The van der Waals surface area contributed by atoms with Crippen molar-refractivity contribution in [1.29, 1.82) is 0 Å². The van der Waals surface area contributed by atoms with Gasteiger partial charge in [0.2, 0.25) is 6.29 Å². The van der Waals surface area contributed by atoms with Crippen LogP contribution in [0.15, 0.2) is 4.99 Å². The van der Waals surface area contributed by atoms with Crippen LogP contribution < -0.4 is 0 Å². The van der Waals surface area contributed by atoms with Crippen molar-refractivity contribution >= 4 is 18.1 Å². The van der Waals surface area contributed by atoms with Crippen LogP contribution in [0.2, 0.25) is 0 Å². The number of hydrogen-bond donors (Lipinski definition) is 1. The first kappa shape index (κ1) is 33.0. The summed E-state index contributed by atoms with van der Waals surface area (Å²) in [6.45, 7) is 5.12. The highest BCUT2D eigenvalue weighted by Crippen LogP contribution is 2.47. The van der Waals surface area contributed by atoms with Gasteiger partial charge in [-0.3, -0.25) is 4.79 Å². The molecule has 1 aromatic rings. The molecule has 0 aromatic carbocycles. The Hall–Kier alpha value is -2.92. The molecule has 5 aliphatic rings. The number of nitrogens with zero attached hydrogens (tertiary/aromatic N) is 5. The standard InChI is InChI=1S/C34H54N6O6/c1-3-20-43-33-35-29-15-9-14-28(32(41)44-22(2)45-34(42)46-25-10-5-4-6-11-25)30(29)40(33)21-23-16-18-24(19-17-23)26-12-7-8-13-27(26)31-36-38-39-37-31/h22-30H,3-21H2,1-2H3,(H,36,37,38,39). The van der Waals surface area contributed by atoms with Gasteiger partial charge in [-0.25, -0.2) is 9.79 Å². The van der Waals surface area contributed by atoms with Crippen LogP contribution in [0.1, 0.15) is 135 Å². The number of nitrogens with one attached hydrogen (secondary N) is 1. The highest BCUT2D eigenvalue weighted by atomic mass is 16.8. The molecule has 1 aromatic heterocycles. The number of carbonyl (C=O) groups excluding carboxylic acids is 2. The molecule has 0 radical (unpaired) electrons. The Morgan fingerprint density at radius 2 is 1.70 bits per heavy atom. The molecule has 4 saturated carbocycles. The van der Waals surface area contributed by atoms with Gasteiger partial charge in [-0.1, -0.05) is 37.8 Å². The number of esters is 1. The number of amidine groups is 1. The van der Waals surface area contributed by atoms with Crippen LogP contribution in [0.25, 0.3) is 0 Å². The smallest absolute Gasteiger partial charge is 0.465 e. The van der Waals surface area contributed by atoms with E-state index >= 15 is 0 Å². The molecule has 1 N–H and O–H groups in total. The van der Waals surface area contributed by atoms with Gasteiger partial charge in [0.25, 0.3) is 6.02 Å². The van der Waals surface area contributed by atoms with Gasteiger partial charge in [0.15, 0.2) is 5.82 Å². The maximum atomic E-state index is 13.6. The third-order valence-electron chi connectivity index (χ3n) is 11.3. The van der Waals surface area contributed by atoms with E-state index in [0.29, 0.717) is 36.3 Å². The highest BCUT2D eigenvalue weighted by Gasteiger charge is 2.49. The number of rotatable bonds is 10. The second kappa shape index (κ2) is 15.8. The lowest BCUT2D eigenvalue weighted by Gasteiger charge is -2.42. The molecule has 0 amide bonds. The fourth-order valence-corrected chi connectivity index (χ4v) is 9.04. The predicted octanol–water partition coefficient (Wildman–Crippen LogP) is 6.29. The largest absolute Gasteiger partial charge is 0.511 e. The van der Waals surface area contributed by atoms with Crippen LogP contribution >= 0.6 is 0 Å². The highest BCUT2D eigenvalue weighted by molar-refractivity contribution is 5.80.